The van der Waals surface area contributed by atoms with Crippen molar-refractivity contribution in [2.75, 3.05) is 11.9 Å². The van der Waals surface area contributed by atoms with Gasteiger partial charge in [-0.05, 0) is 71.7 Å². The van der Waals surface area contributed by atoms with Crippen molar-refractivity contribution in [3.05, 3.63) is 81.6 Å². The third-order valence-electron chi connectivity index (χ3n) is 6.31. The Balaban J connectivity index is 1.53. The van der Waals surface area contributed by atoms with Crippen LogP contribution in [0.15, 0.2) is 64.9 Å². The fraction of sp³-hybridized carbons (Fsp3) is 0.143. The number of nitrogens with one attached hydrogen (secondary N) is 3. The van der Waals surface area contributed by atoms with E-state index >= 15 is 0 Å². The Labute approximate surface area is 237 Å². The number of carbonyl (C=O) groups is 2. The van der Waals surface area contributed by atoms with E-state index in [9.17, 15) is 35.1 Å². The summed E-state index contributed by atoms with van der Waals surface area (Å²) in [4.78, 5) is 26.2. The second kappa shape index (κ2) is 11.9. The van der Waals surface area contributed by atoms with Crippen LogP contribution < -0.4 is 21.7 Å². The molecule has 1 aliphatic rings. The largest absolute Gasteiger partial charge is 0.504 e. The van der Waals surface area contributed by atoms with Gasteiger partial charge in [-0.3, -0.25) is 9.59 Å². The van der Waals surface area contributed by atoms with E-state index in [2.05, 4.69) is 31.9 Å². The summed E-state index contributed by atoms with van der Waals surface area (Å²) in [5.41, 5.74) is 8.24. The molecule has 11 nitrogen and oxygen atoms in total. The average molecular weight is 611 g/mol. The summed E-state index contributed by atoms with van der Waals surface area (Å²) in [7, 11) is 0. The molecule has 0 fully saturated rings. The highest BCUT2D eigenvalue weighted by Gasteiger charge is 2.30. The number of benzene rings is 3. The van der Waals surface area contributed by atoms with Gasteiger partial charge in [0.1, 0.15) is 6.04 Å². The molecular weight excluding hydrogens is 584 g/mol. The first kappa shape index (κ1) is 28.2. The smallest absolute Gasteiger partial charge is 0.267 e. The SMILES string of the molecule is N/C(=C\c1cc(O)c(O)c(O)c1)C(=O)N[C@@H](CC1CNc2cc(Br)ccc21)C(=O)N/C=C/c1ccc(O)c(O)c1. The maximum Gasteiger partial charge on any atom is 0.267 e. The number of rotatable bonds is 8. The highest BCUT2D eigenvalue weighted by molar-refractivity contribution is 9.10. The van der Waals surface area contributed by atoms with Crippen LogP contribution in [-0.2, 0) is 9.59 Å². The number of amides is 2. The summed E-state index contributed by atoms with van der Waals surface area (Å²) in [5.74, 6) is -3.86. The van der Waals surface area contributed by atoms with Gasteiger partial charge in [-0.2, -0.15) is 0 Å². The van der Waals surface area contributed by atoms with Crippen LogP contribution >= 0.6 is 15.9 Å². The Morgan fingerprint density at radius 1 is 0.975 bits per heavy atom. The summed E-state index contributed by atoms with van der Waals surface area (Å²) >= 11 is 3.44. The number of anilines is 1. The molecule has 0 spiro atoms. The van der Waals surface area contributed by atoms with Crippen LogP contribution in [0.1, 0.15) is 29.0 Å². The van der Waals surface area contributed by atoms with Crippen molar-refractivity contribution in [1.82, 2.24) is 10.6 Å². The minimum atomic E-state index is -1.01. The molecule has 0 bridgehead atoms. The van der Waals surface area contributed by atoms with E-state index < -0.39 is 35.1 Å². The van der Waals surface area contributed by atoms with Gasteiger partial charge in [0.2, 0.25) is 5.91 Å². The molecule has 2 atom stereocenters. The van der Waals surface area contributed by atoms with E-state index in [1.54, 1.807) is 6.07 Å². The molecule has 1 unspecified atom stereocenters. The molecule has 40 heavy (non-hydrogen) atoms. The van der Waals surface area contributed by atoms with Gasteiger partial charge in [-0.15, -0.1) is 0 Å². The van der Waals surface area contributed by atoms with Crippen LogP contribution in [0.5, 0.6) is 28.7 Å². The van der Waals surface area contributed by atoms with Crippen molar-refractivity contribution in [2.45, 2.75) is 18.4 Å². The first-order valence-corrected chi connectivity index (χ1v) is 12.9. The molecule has 208 valence electrons. The second-order valence-corrected chi connectivity index (χ2v) is 10.1. The third kappa shape index (κ3) is 6.59. The molecular formula is C28H27BrN4O7. The standard InChI is InChI=1S/C28H27BrN4O7/c29-17-2-3-18-16(13-32-20(18)12-17)11-21(28(40)31-6-5-14-1-4-22(34)23(35)8-14)33-27(39)19(30)7-15-9-24(36)26(38)25(37)10-15/h1-10,12,16,21,32,34-38H,11,13,30H2,(H,31,40)(H,33,39)/b6-5+,19-7-/t16?,21-/m0/s1. The molecule has 4 rings (SSSR count). The van der Waals surface area contributed by atoms with E-state index in [-0.39, 0.29) is 35.1 Å². The number of phenols is 5. The molecule has 2 amide bonds. The summed E-state index contributed by atoms with van der Waals surface area (Å²) in [5, 5.41) is 56.7. The van der Waals surface area contributed by atoms with Crippen LogP contribution in [0.2, 0.25) is 0 Å². The summed E-state index contributed by atoms with van der Waals surface area (Å²) in [6.45, 7) is 0.547. The third-order valence-corrected chi connectivity index (χ3v) is 6.81. The highest BCUT2D eigenvalue weighted by Crippen LogP contribution is 2.37. The summed E-state index contributed by atoms with van der Waals surface area (Å²) in [6.07, 6.45) is 4.29. The number of fused-ring (bicyclic) bond motifs is 1. The molecule has 10 N–H and O–H groups in total. The van der Waals surface area contributed by atoms with Crippen molar-refractivity contribution >= 4 is 45.6 Å². The molecule has 1 heterocycles. The number of hydrogen-bond acceptors (Lipinski definition) is 9. The zero-order chi connectivity index (χ0) is 29.0. The van der Waals surface area contributed by atoms with Crippen LogP contribution in [0, 0.1) is 0 Å². The van der Waals surface area contributed by atoms with Crippen molar-refractivity contribution in [3.8, 4) is 28.7 Å². The Morgan fingerprint density at radius 3 is 2.38 bits per heavy atom. The van der Waals surface area contributed by atoms with E-state index in [4.69, 9.17) is 5.73 Å². The minimum absolute atomic E-state index is 0.103. The van der Waals surface area contributed by atoms with Crippen molar-refractivity contribution in [2.24, 2.45) is 5.73 Å². The lowest BCUT2D eigenvalue weighted by atomic mass is 9.93. The number of hydrogen-bond donors (Lipinski definition) is 9. The van der Waals surface area contributed by atoms with Gasteiger partial charge in [0, 0.05) is 28.8 Å². The first-order valence-electron chi connectivity index (χ1n) is 12.1. The van der Waals surface area contributed by atoms with E-state index in [0.717, 1.165) is 27.9 Å². The number of carbonyl (C=O) groups excluding carboxylic acids is 2. The van der Waals surface area contributed by atoms with Gasteiger partial charge in [-0.1, -0.05) is 28.1 Å². The highest BCUT2D eigenvalue weighted by atomic mass is 79.9. The number of nitrogens with two attached hydrogens (primary N) is 1. The van der Waals surface area contributed by atoms with Crippen molar-refractivity contribution < 1.29 is 35.1 Å². The minimum Gasteiger partial charge on any atom is -0.504 e. The monoisotopic (exact) mass is 610 g/mol. The molecule has 3 aromatic carbocycles. The van der Waals surface area contributed by atoms with Crippen LogP contribution in [0.25, 0.3) is 12.2 Å². The molecule has 0 aromatic heterocycles. The lowest BCUT2D eigenvalue weighted by molar-refractivity contribution is -0.127. The second-order valence-electron chi connectivity index (χ2n) is 9.17. The van der Waals surface area contributed by atoms with Gasteiger partial charge >= 0.3 is 0 Å². The Kier molecular flexibility index (Phi) is 8.39. The predicted octanol–water partition coefficient (Wildman–Crippen LogP) is 3.15. The fourth-order valence-electron chi connectivity index (χ4n) is 4.27. The fourth-order valence-corrected chi connectivity index (χ4v) is 4.63. The van der Waals surface area contributed by atoms with E-state index in [1.807, 2.05) is 18.2 Å². The predicted molar refractivity (Wildman–Crippen MR) is 152 cm³/mol. The van der Waals surface area contributed by atoms with Crippen LogP contribution in [0.4, 0.5) is 5.69 Å². The maximum absolute atomic E-state index is 13.2. The number of phenolic OH excluding ortho intramolecular Hbond substituents is 5. The zero-order valence-corrected chi connectivity index (χ0v) is 22.5. The quantitative estimate of drug-likeness (QED) is 0.136. The summed E-state index contributed by atoms with van der Waals surface area (Å²) < 4.78 is 0.900. The van der Waals surface area contributed by atoms with Gasteiger partial charge in [0.05, 0.1) is 5.70 Å². The lowest BCUT2D eigenvalue weighted by Crippen LogP contribution is -2.47. The van der Waals surface area contributed by atoms with Crippen molar-refractivity contribution in [3.63, 3.8) is 0 Å². The van der Waals surface area contributed by atoms with Gasteiger partial charge in [0.25, 0.3) is 5.91 Å². The zero-order valence-electron chi connectivity index (χ0n) is 20.9. The normalized spacial score (nSPS) is 15.3. The molecule has 0 radical (unpaired) electrons. The maximum atomic E-state index is 13.2. The average Bonchev–Trinajstić information content (AvgIpc) is 3.30. The Hall–Kier alpha value is -4.84. The van der Waals surface area contributed by atoms with Gasteiger partial charge in [0.15, 0.2) is 28.7 Å². The molecule has 1 aliphatic heterocycles. The van der Waals surface area contributed by atoms with Gasteiger partial charge in [-0.25, -0.2) is 0 Å². The van der Waals surface area contributed by atoms with E-state index in [0.29, 0.717) is 12.1 Å². The Morgan fingerprint density at radius 2 is 1.68 bits per heavy atom. The number of halogens is 1. The molecule has 0 saturated carbocycles. The van der Waals surface area contributed by atoms with Gasteiger partial charge < -0.3 is 47.2 Å². The topological polar surface area (TPSA) is 197 Å². The molecule has 12 heteroatoms. The van der Waals surface area contributed by atoms with E-state index in [1.165, 1.54) is 30.5 Å². The van der Waals surface area contributed by atoms with Crippen LogP contribution in [-0.4, -0.2) is 49.9 Å². The Bertz CT molecular complexity index is 1500. The van der Waals surface area contributed by atoms with Crippen molar-refractivity contribution in [1.29, 1.82) is 0 Å². The molecule has 0 saturated heterocycles. The molecule has 0 aliphatic carbocycles. The van der Waals surface area contributed by atoms with Crippen LogP contribution in [0.3, 0.4) is 0 Å². The molecule has 3 aromatic rings. The number of aromatic hydroxyl groups is 5. The lowest BCUT2D eigenvalue weighted by Gasteiger charge is -2.21. The first-order chi connectivity index (χ1) is 19.0. The summed E-state index contributed by atoms with van der Waals surface area (Å²) in [6, 6.07) is 11.2.